The van der Waals surface area contributed by atoms with E-state index in [4.69, 9.17) is 13.6 Å². The maximum Gasteiger partial charge on any atom is 1.00 e. The van der Waals surface area contributed by atoms with E-state index in [-0.39, 0.29) is 37.6 Å². The van der Waals surface area contributed by atoms with Crippen LogP contribution in [0.2, 0.25) is 0 Å². The van der Waals surface area contributed by atoms with Crippen LogP contribution in [-0.4, -0.2) is 17.4 Å². The topological polar surface area (TPSA) is 91.8 Å². The summed E-state index contributed by atoms with van der Waals surface area (Å²) in [6, 6.07) is 18.5. The van der Waals surface area contributed by atoms with E-state index in [0.717, 1.165) is 11.1 Å². The third-order valence-corrected chi connectivity index (χ3v) is 4.62. The van der Waals surface area contributed by atoms with Crippen LogP contribution < -0.4 is 18.9 Å². The van der Waals surface area contributed by atoms with E-state index in [0.29, 0.717) is 0 Å². The number of rotatable bonds is 9. The Morgan fingerprint density at radius 1 is 0.885 bits per heavy atom. The van der Waals surface area contributed by atoms with Crippen molar-refractivity contribution in [3.05, 3.63) is 71.8 Å². The van der Waals surface area contributed by atoms with Gasteiger partial charge >= 0.3 is 26.7 Å². The molecule has 1 N–H and O–H groups in total. The van der Waals surface area contributed by atoms with Gasteiger partial charge in [0.25, 0.3) is 0 Å². The first-order valence-corrected chi connectivity index (χ1v) is 8.95. The molecule has 26 heavy (non-hydrogen) atoms. The van der Waals surface area contributed by atoms with Crippen molar-refractivity contribution in [1.29, 1.82) is 0 Å². The summed E-state index contributed by atoms with van der Waals surface area (Å²) < 4.78 is 29.0. The second kappa shape index (κ2) is 11.5. The fourth-order valence-corrected chi connectivity index (χ4v) is 3.23. The van der Waals surface area contributed by atoms with Gasteiger partial charge in [0.15, 0.2) is 0 Å². The van der Waals surface area contributed by atoms with Gasteiger partial charge in [-0.25, -0.2) is 10.9 Å². The third-order valence-electron chi connectivity index (χ3n) is 3.05. The van der Waals surface area contributed by atoms with Crippen LogP contribution in [0, 0.1) is 0 Å². The van der Waals surface area contributed by atoms with E-state index in [9.17, 15) is 9.36 Å². The SMILES string of the molecule is CC(C)([C-]=O)OP(=O)(OCc1ccccc1)OCc1ccccc1.[Li+].[OH-]. The first-order chi connectivity index (χ1) is 11.4. The molecule has 2 rings (SSSR count). The van der Waals surface area contributed by atoms with Crippen molar-refractivity contribution in [2.45, 2.75) is 32.7 Å². The molecule has 2 aromatic rings. The molecular formula is C18H21LiO6P-. The summed E-state index contributed by atoms with van der Waals surface area (Å²) in [7, 11) is -3.95. The van der Waals surface area contributed by atoms with Crippen LogP contribution in [0.1, 0.15) is 25.0 Å². The van der Waals surface area contributed by atoms with Crippen molar-refractivity contribution in [3.8, 4) is 0 Å². The summed E-state index contributed by atoms with van der Waals surface area (Å²) in [4.78, 5) is 11.0. The van der Waals surface area contributed by atoms with E-state index in [2.05, 4.69) is 0 Å². The van der Waals surface area contributed by atoms with E-state index in [1.54, 1.807) is 6.29 Å². The van der Waals surface area contributed by atoms with Crippen LogP contribution in [0.4, 0.5) is 0 Å². The molecule has 0 spiro atoms. The Labute approximate surface area is 166 Å². The van der Waals surface area contributed by atoms with Gasteiger partial charge in [0.2, 0.25) is 0 Å². The normalized spacial score (nSPS) is 11.2. The van der Waals surface area contributed by atoms with Gasteiger partial charge in [0.1, 0.15) is 0 Å². The van der Waals surface area contributed by atoms with Crippen LogP contribution >= 0.6 is 7.82 Å². The number of hydrogen-bond acceptors (Lipinski definition) is 6. The van der Waals surface area contributed by atoms with Gasteiger partial charge in [-0.2, -0.15) is 0 Å². The van der Waals surface area contributed by atoms with Crippen molar-refractivity contribution < 1.29 is 47.3 Å². The maximum atomic E-state index is 12.9. The summed E-state index contributed by atoms with van der Waals surface area (Å²) in [5.41, 5.74) is 0.234. The molecule has 0 aliphatic heterocycles. The Kier molecular flexibility index (Phi) is 10.9. The summed E-state index contributed by atoms with van der Waals surface area (Å²) in [6.45, 7) is 2.98. The van der Waals surface area contributed by atoms with Crippen molar-refractivity contribution in [1.82, 2.24) is 0 Å². The zero-order valence-corrected chi connectivity index (χ0v) is 16.0. The Balaban J connectivity index is 0.00000312. The van der Waals surface area contributed by atoms with Gasteiger partial charge in [-0.3, -0.25) is 9.05 Å². The van der Waals surface area contributed by atoms with Crippen LogP contribution in [0.5, 0.6) is 0 Å². The monoisotopic (exact) mass is 371 g/mol. The van der Waals surface area contributed by atoms with Crippen molar-refractivity contribution >= 4 is 14.1 Å². The third kappa shape index (κ3) is 8.44. The van der Waals surface area contributed by atoms with E-state index in [1.807, 2.05) is 60.7 Å². The van der Waals surface area contributed by atoms with Gasteiger partial charge < -0.3 is 14.8 Å². The number of phosphoric ester groups is 1. The summed E-state index contributed by atoms with van der Waals surface area (Å²) in [5, 5.41) is 0. The quantitative estimate of drug-likeness (QED) is 0.374. The molecule has 0 amide bonds. The second-order valence-electron chi connectivity index (χ2n) is 5.67. The van der Waals surface area contributed by atoms with Gasteiger partial charge in [-0.1, -0.05) is 74.5 Å². The molecule has 0 aliphatic rings. The molecule has 8 heteroatoms. The van der Waals surface area contributed by atoms with Gasteiger partial charge in [0, 0.05) is 0 Å². The van der Waals surface area contributed by atoms with E-state index in [1.165, 1.54) is 13.8 Å². The van der Waals surface area contributed by atoms with Crippen molar-refractivity contribution in [2.75, 3.05) is 0 Å². The molecule has 6 nitrogen and oxygen atoms in total. The molecule has 0 aromatic heterocycles. The minimum Gasteiger partial charge on any atom is -0.870 e. The van der Waals surface area contributed by atoms with Crippen LogP contribution in [0.3, 0.4) is 0 Å². The number of hydrogen-bond donors (Lipinski definition) is 0. The van der Waals surface area contributed by atoms with Crippen molar-refractivity contribution in [2.24, 2.45) is 0 Å². The molecule has 0 saturated carbocycles. The number of carbonyl (C=O) groups excluding carboxylic acids is 1. The van der Waals surface area contributed by atoms with Crippen LogP contribution in [-0.2, 0) is 36.1 Å². The predicted molar refractivity (Wildman–Crippen MR) is 92.9 cm³/mol. The predicted octanol–water partition coefficient (Wildman–Crippen LogP) is 1.26. The van der Waals surface area contributed by atoms with Gasteiger partial charge in [-0.05, 0) is 16.7 Å². The first-order valence-electron chi connectivity index (χ1n) is 7.49. The minimum atomic E-state index is -3.95. The van der Waals surface area contributed by atoms with E-state index >= 15 is 0 Å². The average Bonchev–Trinajstić information content (AvgIpc) is 2.60. The second-order valence-corrected chi connectivity index (χ2v) is 7.26. The zero-order valence-electron chi connectivity index (χ0n) is 15.1. The molecular weight excluding hydrogens is 350 g/mol. The summed E-state index contributed by atoms with van der Waals surface area (Å²) in [5.74, 6) is 0. The largest absolute Gasteiger partial charge is 1.00 e. The number of benzene rings is 2. The Hall–Kier alpha value is -1.22. The molecule has 136 valence electrons. The van der Waals surface area contributed by atoms with Crippen LogP contribution in [0.15, 0.2) is 60.7 Å². The molecule has 0 fully saturated rings. The Morgan fingerprint density at radius 3 is 1.62 bits per heavy atom. The first kappa shape index (κ1) is 24.8. The fourth-order valence-electron chi connectivity index (χ4n) is 1.84. The maximum absolute atomic E-state index is 12.9. The van der Waals surface area contributed by atoms with Crippen LogP contribution in [0.25, 0.3) is 0 Å². The molecule has 0 heterocycles. The summed E-state index contributed by atoms with van der Waals surface area (Å²) in [6.07, 6.45) is 1.69. The minimum absolute atomic E-state index is 0. The average molecular weight is 371 g/mol. The molecule has 0 saturated heterocycles. The molecule has 2 aromatic carbocycles. The molecule has 0 radical (unpaired) electrons. The van der Waals surface area contributed by atoms with Crippen molar-refractivity contribution in [3.63, 3.8) is 0 Å². The zero-order chi connectivity index (χ0) is 17.5. The molecule has 0 aliphatic carbocycles. The van der Waals surface area contributed by atoms with Gasteiger partial charge in [0.05, 0.1) is 13.2 Å². The van der Waals surface area contributed by atoms with E-state index < -0.39 is 13.4 Å². The Morgan fingerprint density at radius 2 is 1.27 bits per heavy atom. The molecule has 0 bridgehead atoms. The molecule has 0 unspecified atom stereocenters. The number of phosphoric acid groups is 1. The fraction of sp³-hybridized carbons (Fsp3) is 0.278. The standard InChI is InChI=1S/C18H20O5P.Li.H2O/c1-18(2,15-19)23-24(20,21-13-16-9-5-3-6-10-16)22-14-17-11-7-4-8-12-17;;/h3-12H,13-14H2,1-2H3;;1H2/q-1;+1;/p-1. The van der Waals surface area contributed by atoms with Gasteiger partial charge in [-0.15, -0.1) is 0 Å². The Bertz CT molecular complexity index is 646. The molecule has 0 atom stereocenters. The summed E-state index contributed by atoms with van der Waals surface area (Å²) >= 11 is 0. The smallest absolute Gasteiger partial charge is 0.870 e.